The van der Waals surface area contributed by atoms with Crippen molar-refractivity contribution in [2.45, 2.75) is 47.1 Å². The third kappa shape index (κ3) is 4.32. The van der Waals surface area contributed by atoms with Gasteiger partial charge in [0.15, 0.2) is 0 Å². The Hall–Kier alpha value is -1.06. The maximum absolute atomic E-state index is 11.6. The van der Waals surface area contributed by atoms with Gasteiger partial charge in [-0.1, -0.05) is 41.0 Å². The van der Waals surface area contributed by atoms with Gasteiger partial charge in [-0.2, -0.15) is 0 Å². The first-order chi connectivity index (χ1) is 6.70. The van der Waals surface area contributed by atoms with Crippen LogP contribution in [0.15, 0.2) is 0 Å². The smallest absolute Gasteiger partial charge is 0.326 e. The number of aliphatic carboxylic acids is 1. The summed E-state index contributed by atoms with van der Waals surface area (Å²) in [4.78, 5) is 22.6. The number of hydrogen-bond acceptors (Lipinski definition) is 2. The van der Waals surface area contributed by atoms with Gasteiger partial charge in [0.1, 0.15) is 6.04 Å². The van der Waals surface area contributed by atoms with Crippen LogP contribution >= 0.6 is 0 Å². The van der Waals surface area contributed by atoms with Crippen molar-refractivity contribution in [1.82, 2.24) is 5.32 Å². The van der Waals surface area contributed by atoms with E-state index in [4.69, 9.17) is 5.11 Å². The maximum Gasteiger partial charge on any atom is 0.326 e. The number of carbonyl (C=O) groups is 2. The van der Waals surface area contributed by atoms with Gasteiger partial charge in [0.25, 0.3) is 0 Å². The zero-order valence-electron chi connectivity index (χ0n) is 10.1. The minimum atomic E-state index is -0.970. The molecule has 0 aromatic carbocycles. The Morgan fingerprint density at radius 1 is 1.33 bits per heavy atom. The molecule has 4 nitrogen and oxygen atoms in total. The average molecular weight is 215 g/mol. The lowest BCUT2D eigenvalue weighted by Gasteiger charge is -2.25. The number of carbonyl (C=O) groups excluding carboxylic acids is 1. The second-order valence-corrected chi connectivity index (χ2v) is 4.92. The first kappa shape index (κ1) is 13.9. The van der Waals surface area contributed by atoms with E-state index in [1.54, 1.807) is 20.8 Å². The predicted molar refractivity (Wildman–Crippen MR) is 58.5 cm³/mol. The molecule has 4 heteroatoms. The van der Waals surface area contributed by atoms with Gasteiger partial charge in [-0.3, -0.25) is 4.79 Å². The molecule has 15 heavy (non-hydrogen) atoms. The van der Waals surface area contributed by atoms with E-state index in [9.17, 15) is 9.59 Å². The molecule has 0 saturated carbocycles. The van der Waals surface area contributed by atoms with Gasteiger partial charge in [0, 0.05) is 5.41 Å². The van der Waals surface area contributed by atoms with Crippen molar-refractivity contribution >= 4 is 11.9 Å². The Labute approximate surface area is 91.1 Å². The van der Waals surface area contributed by atoms with Gasteiger partial charge in [0.2, 0.25) is 5.91 Å². The minimum absolute atomic E-state index is 0.0613. The van der Waals surface area contributed by atoms with Gasteiger partial charge >= 0.3 is 5.97 Å². The Bertz CT molecular complexity index is 243. The van der Waals surface area contributed by atoms with Crippen LogP contribution in [0.4, 0.5) is 0 Å². The van der Waals surface area contributed by atoms with E-state index in [2.05, 4.69) is 5.32 Å². The van der Waals surface area contributed by atoms with Gasteiger partial charge in [-0.05, 0) is 5.92 Å². The normalized spacial score (nSPS) is 15.5. The monoisotopic (exact) mass is 215 g/mol. The summed E-state index contributed by atoms with van der Waals surface area (Å²) >= 11 is 0. The molecule has 2 N–H and O–H groups in total. The predicted octanol–water partition coefficient (Wildman–Crippen LogP) is 1.65. The number of carboxylic acids is 1. The first-order valence-corrected chi connectivity index (χ1v) is 5.24. The summed E-state index contributed by atoms with van der Waals surface area (Å²) in [6.07, 6.45) is 0.724. The summed E-state index contributed by atoms with van der Waals surface area (Å²) in [6, 6.07) is -0.790. The standard InChI is InChI=1S/C11H21NO3/c1-6-7(2)8(9(13)14)12-10(15)11(3,4)5/h7-8H,6H2,1-5H3,(H,12,15)(H,13,14). The van der Waals surface area contributed by atoms with Crippen LogP contribution in [-0.2, 0) is 9.59 Å². The molecule has 0 spiro atoms. The molecule has 2 unspecified atom stereocenters. The fourth-order valence-corrected chi connectivity index (χ4v) is 1.04. The highest BCUT2D eigenvalue weighted by Crippen LogP contribution is 2.15. The van der Waals surface area contributed by atoms with Crippen LogP contribution < -0.4 is 5.32 Å². The van der Waals surface area contributed by atoms with Gasteiger partial charge in [0.05, 0.1) is 0 Å². The second-order valence-electron chi connectivity index (χ2n) is 4.92. The highest BCUT2D eigenvalue weighted by molar-refractivity contribution is 5.86. The molecule has 2 atom stereocenters. The van der Waals surface area contributed by atoms with Gasteiger partial charge in [-0.15, -0.1) is 0 Å². The lowest BCUT2D eigenvalue weighted by Crippen LogP contribution is -2.48. The van der Waals surface area contributed by atoms with E-state index < -0.39 is 17.4 Å². The fourth-order valence-electron chi connectivity index (χ4n) is 1.04. The zero-order valence-corrected chi connectivity index (χ0v) is 10.1. The summed E-state index contributed by atoms with van der Waals surface area (Å²) < 4.78 is 0. The molecule has 0 aliphatic heterocycles. The van der Waals surface area contributed by atoms with Crippen LogP contribution in [0.3, 0.4) is 0 Å². The summed E-state index contributed by atoms with van der Waals surface area (Å²) in [5.41, 5.74) is -0.554. The van der Waals surface area contributed by atoms with E-state index in [1.165, 1.54) is 0 Å². The fraction of sp³-hybridized carbons (Fsp3) is 0.818. The molecule has 0 aliphatic carbocycles. The third-order valence-corrected chi connectivity index (χ3v) is 2.45. The lowest BCUT2D eigenvalue weighted by atomic mass is 9.93. The molecular weight excluding hydrogens is 194 g/mol. The van der Waals surface area contributed by atoms with Crippen molar-refractivity contribution < 1.29 is 14.7 Å². The number of carboxylic acid groups (broad SMARTS) is 1. The van der Waals surface area contributed by atoms with Crippen molar-refractivity contribution in [2.75, 3.05) is 0 Å². The highest BCUT2D eigenvalue weighted by atomic mass is 16.4. The van der Waals surface area contributed by atoms with Gasteiger partial charge in [-0.25, -0.2) is 4.79 Å². The molecular formula is C11H21NO3. The number of amides is 1. The van der Waals surface area contributed by atoms with Gasteiger partial charge < -0.3 is 10.4 Å². The Kier molecular flexibility index (Phi) is 4.78. The molecule has 0 saturated heterocycles. The first-order valence-electron chi connectivity index (χ1n) is 5.24. The number of hydrogen-bond donors (Lipinski definition) is 2. The van der Waals surface area contributed by atoms with Crippen molar-refractivity contribution in [3.8, 4) is 0 Å². The van der Waals surface area contributed by atoms with Crippen LogP contribution in [-0.4, -0.2) is 23.0 Å². The third-order valence-electron chi connectivity index (χ3n) is 2.45. The molecule has 0 radical (unpaired) electrons. The molecule has 0 aromatic heterocycles. The Balaban J connectivity index is 4.57. The highest BCUT2D eigenvalue weighted by Gasteiger charge is 2.30. The summed E-state index contributed by atoms with van der Waals surface area (Å²) in [7, 11) is 0. The van der Waals surface area contributed by atoms with Crippen molar-refractivity contribution in [3.05, 3.63) is 0 Å². The molecule has 1 amide bonds. The van der Waals surface area contributed by atoms with Crippen LogP contribution in [0.5, 0.6) is 0 Å². The SMILES string of the molecule is CCC(C)C(NC(=O)C(C)(C)C)C(=O)O. The lowest BCUT2D eigenvalue weighted by molar-refractivity contribution is -0.144. The summed E-state index contributed by atoms with van der Waals surface area (Å²) in [6.45, 7) is 9.01. The summed E-state index contributed by atoms with van der Waals surface area (Å²) in [5, 5.41) is 11.5. The van der Waals surface area contributed by atoms with E-state index >= 15 is 0 Å². The number of nitrogens with one attached hydrogen (secondary N) is 1. The van der Waals surface area contributed by atoms with E-state index in [0.717, 1.165) is 6.42 Å². The molecule has 0 aliphatic rings. The van der Waals surface area contributed by atoms with Crippen LogP contribution in [0, 0.1) is 11.3 Å². The number of rotatable bonds is 4. The van der Waals surface area contributed by atoms with Crippen molar-refractivity contribution in [2.24, 2.45) is 11.3 Å². The summed E-state index contributed by atoms with van der Waals surface area (Å²) in [5.74, 6) is -1.26. The van der Waals surface area contributed by atoms with Crippen LogP contribution in [0.2, 0.25) is 0 Å². The molecule has 0 heterocycles. The molecule has 0 fully saturated rings. The van der Waals surface area contributed by atoms with E-state index in [-0.39, 0.29) is 11.8 Å². The van der Waals surface area contributed by atoms with E-state index in [0.29, 0.717) is 0 Å². The van der Waals surface area contributed by atoms with Crippen LogP contribution in [0.25, 0.3) is 0 Å². The molecule has 0 rings (SSSR count). The largest absolute Gasteiger partial charge is 0.480 e. The van der Waals surface area contributed by atoms with E-state index in [1.807, 2.05) is 13.8 Å². The van der Waals surface area contributed by atoms with Crippen molar-refractivity contribution in [1.29, 1.82) is 0 Å². The zero-order chi connectivity index (χ0) is 12.2. The van der Waals surface area contributed by atoms with Crippen molar-refractivity contribution in [3.63, 3.8) is 0 Å². The molecule has 0 aromatic rings. The maximum atomic E-state index is 11.6. The average Bonchev–Trinajstić information content (AvgIpc) is 2.10. The topological polar surface area (TPSA) is 66.4 Å². The second kappa shape index (κ2) is 5.14. The Morgan fingerprint density at radius 3 is 2.07 bits per heavy atom. The minimum Gasteiger partial charge on any atom is -0.480 e. The molecule has 0 bridgehead atoms. The quantitative estimate of drug-likeness (QED) is 0.749. The molecule has 88 valence electrons. The van der Waals surface area contributed by atoms with Crippen LogP contribution in [0.1, 0.15) is 41.0 Å². The Morgan fingerprint density at radius 2 is 1.80 bits per heavy atom.